The number of aromatic nitrogens is 1. The topological polar surface area (TPSA) is 79.8 Å². The van der Waals surface area contributed by atoms with Gasteiger partial charge in [0.25, 0.3) is 15.9 Å². The second-order valence-corrected chi connectivity index (χ2v) is 12.3. The van der Waals surface area contributed by atoms with Crippen LogP contribution in [0.4, 0.5) is 10.8 Å². The highest BCUT2D eigenvalue weighted by Gasteiger charge is 2.29. The summed E-state index contributed by atoms with van der Waals surface area (Å²) >= 11 is 1.49. The third-order valence-electron chi connectivity index (χ3n) is 6.72. The van der Waals surface area contributed by atoms with Crippen molar-refractivity contribution in [1.82, 2.24) is 4.98 Å². The number of fused-ring (bicyclic) bond motifs is 1. The smallest absolute Gasteiger partial charge is 0.264 e. The van der Waals surface area contributed by atoms with Gasteiger partial charge in [0.05, 0.1) is 33.4 Å². The van der Waals surface area contributed by atoms with Gasteiger partial charge in [0.2, 0.25) is 0 Å². The monoisotopic (exact) mass is 549 g/mol. The van der Waals surface area contributed by atoms with Gasteiger partial charge in [0.1, 0.15) is 0 Å². The van der Waals surface area contributed by atoms with Crippen molar-refractivity contribution < 1.29 is 17.9 Å². The Hall–Kier alpha value is -3.27. The van der Waals surface area contributed by atoms with Crippen molar-refractivity contribution in [3.63, 3.8) is 0 Å². The molecule has 5 rings (SSSR count). The first kappa shape index (κ1) is 26.3. The molecule has 1 aliphatic heterocycles. The van der Waals surface area contributed by atoms with E-state index in [9.17, 15) is 13.2 Å². The molecule has 4 aromatic rings. The number of hydrogen-bond donors (Lipinski definition) is 0. The largest absolute Gasteiger partial charge is 0.376 e. The molecule has 1 aliphatic rings. The third-order valence-corrected chi connectivity index (χ3v) is 9.86. The van der Waals surface area contributed by atoms with Crippen LogP contribution in [0.3, 0.4) is 0 Å². The van der Waals surface area contributed by atoms with Gasteiger partial charge in [-0.2, -0.15) is 0 Å². The van der Waals surface area contributed by atoms with Crippen LogP contribution in [0.5, 0.6) is 0 Å². The maximum absolute atomic E-state index is 13.8. The summed E-state index contributed by atoms with van der Waals surface area (Å²) in [5.74, 6) is -0.228. The molecule has 0 aliphatic carbocycles. The molecule has 38 heavy (non-hydrogen) atoms. The van der Waals surface area contributed by atoms with E-state index >= 15 is 0 Å². The Bertz CT molecular complexity index is 1540. The molecular formula is C29H31N3O4S2. The molecule has 1 amide bonds. The second kappa shape index (κ2) is 10.8. The van der Waals surface area contributed by atoms with Crippen LogP contribution in [0.15, 0.2) is 71.6 Å². The molecule has 1 fully saturated rings. The van der Waals surface area contributed by atoms with Crippen LogP contribution in [0.25, 0.3) is 10.2 Å². The Kier molecular flexibility index (Phi) is 7.52. The van der Waals surface area contributed by atoms with Gasteiger partial charge in [-0.15, -0.1) is 0 Å². The zero-order valence-electron chi connectivity index (χ0n) is 21.8. The number of anilines is 2. The summed E-state index contributed by atoms with van der Waals surface area (Å²) in [5.41, 5.74) is 4.12. The minimum atomic E-state index is -3.79. The fourth-order valence-electron chi connectivity index (χ4n) is 4.86. The van der Waals surface area contributed by atoms with Gasteiger partial charge < -0.3 is 4.74 Å². The first-order valence-electron chi connectivity index (χ1n) is 12.8. The summed E-state index contributed by atoms with van der Waals surface area (Å²) in [6.07, 6.45) is 1.79. The predicted octanol–water partition coefficient (Wildman–Crippen LogP) is 5.95. The molecule has 1 atom stereocenters. The molecule has 0 saturated carbocycles. The first-order chi connectivity index (χ1) is 18.3. The summed E-state index contributed by atoms with van der Waals surface area (Å²) in [4.78, 5) is 20.4. The molecule has 1 unspecified atom stereocenters. The number of thiazole rings is 1. The average molecular weight is 550 g/mol. The van der Waals surface area contributed by atoms with E-state index in [4.69, 9.17) is 9.72 Å². The zero-order chi connectivity index (χ0) is 26.9. The minimum Gasteiger partial charge on any atom is -0.376 e. The lowest BCUT2D eigenvalue weighted by molar-refractivity contribution is 0.0917. The van der Waals surface area contributed by atoms with Crippen molar-refractivity contribution >= 4 is 48.3 Å². The Morgan fingerprint density at radius 1 is 1.08 bits per heavy atom. The number of carbonyl (C=O) groups is 1. The van der Waals surface area contributed by atoms with Gasteiger partial charge in [0, 0.05) is 18.7 Å². The highest BCUT2D eigenvalue weighted by atomic mass is 32.2. The summed E-state index contributed by atoms with van der Waals surface area (Å²) < 4.78 is 35.1. The number of carbonyl (C=O) groups excluding carboxylic acids is 1. The molecule has 0 bridgehead atoms. The molecule has 0 spiro atoms. The lowest BCUT2D eigenvalue weighted by atomic mass is 10.1. The van der Waals surface area contributed by atoms with Crippen molar-refractivity contribution in [1.29, 1.82) is 0 Å². The number of para-hydroxylation sites is 1. The molecule has 9 heteroatoms. The number of benzene rings is 3. The summed E-state index contributed by atoms with van der Waals surface area (Å²) in [6, 6.07) is 19.3. The maximum Gasteiger partial charge on any atom is 0.264 e. The van der Waals surface area contributed by atoms with Crippen molar-refractivity contribution in [3.05, 3.63) is 83.4 Å². The highest BCUT2D eigenvalue weighted by molar-refractivity contribution is 7.92. The van der Waals surface area contributed by atoms with E-state index in [-0.39, 0.29) is 16.9 Å². The molecule has 0 radical (unpaired) electrons. The summed E-state index contributed by atoms with van der Waals surface area (Å²) in [5, 5.41) is 0.618. The van der Waals surface area contributed by atoms with Crippen LogP contribution in [0.2, 0.25) is 0 Å². The molecule has 2 heterocycles. The quantitative estimate of drug-likeness (QED) is 0.271. The fourth-order valence-corrected chi connectivity index (χ4v) is 7.36. The summed E-state index contributed by atoms with van der Waals surface area (Å²) in [6.45, 7) is 7.26. The number of rotatable bonds is 8. The van der Waals surface area contributed by atoms with E-state index in [1.54, 1.807) is 36.1 Å². The molecular weight excluding hydrogens is 518 g/mol. The van der Waals surface area contributed by atoms with Crippen LogP contribution in [-0.4, -0.2) is 45.1 Å². The predicted molar refractivity (Wildman–Crippen MR) is 153 cm³/mol. The van der Waals surface area contributed by atoms with Crippen molar-refractivity contribution in [3.8, 4) is 0 Å². The SMILES string of the molecule is CCN(c1ccccc1)S(=O)(=O)c1ccc(C(=O)N(CC2CCCO2)c2nc3cc(C)cc(C)c3s2)cc1. The van der Waals surface area contributed by atoms with Crippen LogP contribution in [-0.2, 0) is 14.8 Å². The normalized spacial score (nSPS) is 15.6. The lowest BCUT2D eigenvalue weighted by Gasteiger charge is -2.24. The molecule has 1 aromatic heterocycles. The molecule has 3 aromatic carbocycles. The molecule has 198 valence electrons. The minimum absolute atomic E-state index is 0.0579. The molecule has 1 saturated heterocycles. The molecule has 0 N–H and O–H groups in total. The highest BCUT2D eigenvalue weighted by Crippen LogP contribution is 2.34. The van der Waals surface area contributed by atoms with Gasteiger partial charge in [-0.3, -0.25) is 14.0 Å². The number of aryl methyl sites for hydroxylation is 2. The zero-order valence-corrected chi connectivity index (χ0v) is 23.4. The number of hydrogen-bond acceptors (Lipinski definition) is 6. The van der Waals surface area contributed by atoms with Crippen molar-refractivity contribution in [2.24, 2.45) is 0 Å². The van der Waals surface area contributed by atoms with E-state index in [1.807, 2.05) is 31.2 Å². The van der Waals surface area contributed by atoms with Crippen molar-refractivity contribution in [2.45, 2.75) is 44.6 Å². The van der Waals surface area contributed by atoms with E-state index < -0.39 is 10.0 Å². The van der Waals surface area contributed by atoms with Gasteiger partial charge in [-0.25, -0.2) is 13.4 Å². The van der Waals surface area contributed by atoms with E-state index in [0.29, 0.717) is 36.1 Å². The van der Waals surface area contributed by atoms with E-state index in [1.165, 1.54) is 27.8 Å². The van der Waals surface area contributed by atoms with Crippen LogP contribution < -0.4 is 9.21 Å². The number of sulfonamides is 1. The van der Waals surface area contributed by atoms with Crippen LogP contribution >= 0.6 is 11.3 Å². The second-order valence-electron chi connectivity index (χ2n) is 9.51. The Morgan fingerprint density at radius 2 is 1.82 bits per heavy atom. The number of nitrogens with zero attached hydrogens (tertiary/aromatic N) is 3. The molecule has 7 nitrogen and oxygen atoms in total. The van der Waals surface area contributed by atoms with Crippen LogP contribution in [0.1, 0.15) is 41.3 Å². The lowest BCUT2D eigenvalue weighted by Crippen LogP contribution is -2.37. The first-order valence-corrected chi connectivity index (χ1v) is 15.0. The third kappa shape index (κ3) is 5.18. The van der Waals surface area contributed by atoms with E-state index in [0.717, 1.165) is 34.2 Å². The van der Waals surface area contributed by atoms with Crippen LogP contribution in [0, 0.1) is 13.8 Å². The summed E-state index contributed by atoms with van der Waals surface area (Å²) in [7, 11) is -3.79. The fraction of sp³-hybridized carbons (Fsp3) is 0.310. The van der Waals surface area contributed by atoms with Gasteiger partial charge >= 0.3 is 0 Å². The Labute approximate surface area is 227 Å². The van der Waals surface area contributed by atoms with Gasteiger partial charge in [0.15, 0.2) is 5.13 Å². The maximum atomic E-state index is 13.8. The Balaban J connectivity index is 1.46. The standard InChI is InChI=1S/C29H31N3O4S2/c1-4-32(23-9-6-5-7-10-23)38(34,35)25-14-12-22(13-15-25)28(33)31(19-24-11-8-16-36-24)29-30-26-18-20(2)17-21(3)27(26)37-29/h5-7,9-10,12-15,17-18,24H,4,8,11,16,19H2,1-3H3. The van der Waals surface area contributed by atoms with Gasteiger partial charge in [-0.05, 0) is 87.2 Å². The Morgan fingerprint density at radius 3 is 2.47 bits per heavy atom. The number of ether oxygens (including phenoxy) is 1. The van der Waals surface area contributed by atoms with Crippen molar-refractivity contribution in [2.75, 3.05) is 28.9 Å². The average Bonchev–Trinajstić information content (AvgIpc) is 3.58. The van der Waals surface area contributed by atoms with E-state index in [2.05, 4.69) is 13.0 Å². The van der Waals surface area contributed by atoms with Gasteiger partial charge in [-0.1, -0.05) is 35.6 Å². The number of amides is 1.